The minimum absolute atomic E-state index is 0.0240. The summed E-state index contributed by atoms with van der Waals surface area (Å²) in [4.78, 5) is 32.2. The molecule has 3 heterocycles. The number of halogens is 3. The minimum Gasteiger partial charge on any atom is -0.481 e. The fraction of sp³-hybridized carbons (Fsp3) is 0.261. The predicted octanol–water partition coefficient (Wildman–Crippen LogP) is 3.74. The maximum absolute atomic E-state index is 15.0. The van der Waals surface area contributed by atoms with Gasteiger partial charge >= 0.3 is 0 Å². The van der Waals surface area contributed by atoms with Gasteiger partial charge < -0.3 is 9.64 Å². The number of nitriles is 1. The molecule has 8 nitrogen and oxygen atoms in total. The van der Waals surface area contributed by atoms with Crippen molar-refractivity contribution >= 4 is 40.3 Å². The quantitative estimate of drug-likeness (QED) is 0.503. The molecule has 0 N–H and O–H groups in total. The number of fused-ring (bicyclic) bond motifs is 1. The number of amides is 1. The molecule has 0 aliphatic carbocycles. The van der Waals surface area contributed by atoms with Gasteiger partial charge in [-0.1, -0.05) is 0 Å². The van der Waals surface area contributed by atoms with Gasteiger partial charge in [0.25, 0.3) is 17.4 Å². The first-order chi connectivity index (χ1) is 16.3. The summed E-state index contributed by atoms with van der Waals surface area (Å²) >= 11 is 5.52. The molecule has 0 bridgehead atoms. The van der Waals surface area contributed by atoms with E-state index < -0.39 is 34.3 Å². The van der Waals surface area contributed by atoms with E-state index in [1.165, 1.54) is 44.2 Å². The molecule has 180 valence electrons. The highest BCUT2D eigenvalue weighted by Gasteiger charge is 2.51. The van der Waals surface area contributed by atoms with E-state index in [1.54, 1.807) is 6.07 Å². The van der Waals surface area contributed by atoms with Gasteiger partial charge in [-0.3, -0.25) is 18.9 Å². The van der Waals surface area contributed by atoms with Crippen molar-refractivity contribution in [2.24, 2.45) is 0 Å². The lowest BCUT2D eigenvalue weighted by molar-refractivity contribution is -0.120. The summed E-state index contributed by atoms with van der Waals surface area (Å²) in [5, 5.41) is 9.09. The van der Waals surface area contributed by atoms with Crippen molar-refractivity contribution in [1.82, 2.24) is 9.38 Å². The van der Waals surface area contributed by atoms with E-state index >= 15 is 0 Å². The normalized spacial score (nSPS) is 15.6. The molecule has 0 atom stereocenters. The molecule has 4 rings (SSSR count). The Kier molecular flexibility index (Phi) is 5.56. The number of hydrogen-bond acceptors (Lipinski definition) is 6. The first-order valence-electron chi connectivity index (χ1n) is 10.2. The lowest BCUT2D eigenvalue weighted by Gasteiger charge is -2.29. The van der Waals surface area contributed by atoms with Crippen LogP contribution < -0.4 is 20.1 Å². The number of methoxy groups -OCH3 is 1. The van der Waals surface area contributed by atoms with Crippen LogP contribution in [0.4, 0.5) is 24.5 Å². The summed E-state index contributed by atoms with van der Waals surface area (Å²) in [6.07, 6.45) is 1.28. The first kappa shape index (κ1) is 24.2. The second-order valence-electron chi connectivity index (χ2n) is 8.42. The number of anilines is 2. The number of aromatic nitrogens is 2. The molecule has 35 heavy (non-hydrogen) atoms. The van der Waals surface area contributed by atoms with Gasteiger partial charge in [-0.25, -0.2) is 13.2 Å². The third-order valence-electron chi connectivity index (χ3n) is 5.67. The molecular formula is C23H18F3N5O3S. The fourth-order valence-corrected chi connectivity index (χ4v) is 4.46. The lowest BCUT2D eigenvalue weighted by Crippen LogP contribution is -2.44. The van der Waals surface area contributed by atoms with E-state index in [0.717, 1.165) is 27.5 Å². The smallest absolute Gasteiger partial charge is 0.271 e. The van der Waals surface area contributed by atoms with Crippen molar-refractivity contribution in [3.05, 3.63) is 63.8 Å². The molecule has 1 aromatic carbocycles. The van der Waals surface area contributed by atoms with Crippen LogP contribution in [0.2, 0.25) is 0 Å². The highest BCUT2D eigenvalue weighted by atomic mass is 32.1. The molecule has 1 fully saturated rings. The summed E-state index contributed by atoms with van der Waals surface area (Å²) in [7, 11) is 1.29. The highest BCUT2D eigenvalue weighted by Crippen LogP contribution is 2.39. The van der Waals surface area contributed by atoms with Crippen LogP contribution >= 0.6 is 12.2 Å². The number of ether oxygens (including phenoxy) is 1. The Morgan fingerprint density at radius 1 is 1.17 bits per heavy atom. The molecule has 1 aliphatic heterocycles. The zero-order valence-corrected chi connectivity index (χ0v) is 19.8. The summed E-state index contributed by atoms with van der Waals surface area (Å²) in [5.74, 6) is -4.85. The van der Waals surface area contributed by atoms with Crippen LogP contribution in [0, 0.1) is 17.1 Å². The number of rotatable bonds is 4. The summed E-state index contributed by atoms with van der Waals surface area (Å²) in [5.41, 5.74) is -2.99. The third-order valence-corrected chi connectivity index (χ3v) is 6.03. The Morgan fingerprint density at radius 2 is 1.86 bits per heavy atom. The molecule has 1 saturated heterocycles. The molecule has 0 saturated carbocycles. The van der Waals surface area contributed by atoms with Crippen LogP contribution in [0.25, 0.3) is 5.65 Å². The Balaban J connectivity index is 1.87. The van der Waals surface area contributed by atoms with E-state index in [2.05, 4.69) is 4.98 Å². The van der Waals surface area contributed by atoms with Gasteiger partial charge in [0.1, 0.15) is 5.54 Å². The molecule has 0 spiro atoms. The van der Waals surface area contributed by atoms with Crippen molar-refractivity contribution in [3.8, 4) is 11.9 Å². The Morgan fingerprint density at radius 3 is 2.46 bits per heavy atom. The Hall–Kier alpha value is -3.98. The van der Waals surface area contributed by atoms with Crippen molar-refractivity contribution in [2.45, 2.75) is 32.2 Å². The van der Waals surface area contributed by atoms with E-state index in [1.807, 2.05) is 0 Å². The largest absolute Gasteiger partial charge is 0.481 e. The van der Waals surface area contributed by atoms with Crippen LogP contribution in [-0.2, 0) is 10.7 Å². The number of nitrogens with zero attached hydrogens (tertiary/aromatic N) is 5. The van der Waals surface area contributed by atoms with Crippen LogP contribution in [0.3, 0.4) is 0 Å². The van der Waals surface area contributed by atoms with Gasteiger partial charge in [-0.05, 0) is 44.3 Å². The molecule has 1 amide bonds. The number of carbonyl (C=O) groups excluding carboxylic acids is 1. The van der Waals surface area contributed by atoms with Gasteiger partial charge in [0, 0.05) is 24.8 Å². The molecule has 0 unspecified atom stereocenters. The van der Waals surface area contributed by atoms with Crippen LogP contribution in [-0.4, -0.2) is 33.1 Å². The van der Waals surface area contributed by atoms with Gasteiger partial charge in [-0.15, -0.1) is 0 Å². The van der Waals surface area contributed by atoms with Crippen LogP contribution in [0.15, 0.2) is 41.3 Å². The molecular weight excluding hydrogens is 483 g/mol. The third kappa shape index (κ3) is 3.77. The van der Waals surface area contributed by atoms with Gasteiger partial charge in [0.05, 0.1) is 36.2 Å². The average molecular weight is 501 g/mol. The minimum atomic E-state index is -3.35. The second kappa shape index (κ2) is 8.06. The monoisotopic (exact) mass is 501 g/mol. The Bertz CT molecular complexity index is 1510. The number of pyridine rings is 1. The number of carbonyl (C=O) groups is 1. The van der Waals surface area contributed by atoms with E-state index in [-0.39, 0.29) is 33.6 Å². The molecule has 1 aliphatic rings. The number of benzene rings is 1. The van der Waals surface area contributed by atoms with Gasteiger partial charge in [0.2, 0.25) is 5.88 Å². The fourth-order valence-electron chi connectivity index (χ4n) is 3.94. The van der Waals surface area contributed by atoms with E-state index in [4.69, 9.17) is 17.0 Å². The van der Waals surface area contributed by atoms with Crippen molar-refractivity contribution in [1.29, 1.82) is 5.26 Å². The maximum Gasteiger partial charge on any atom is 0.271 e. The molecule has 12 heteroatoms. The van der Waals surface area contributed by atoms with Crippen molar-refractivity contribution in [2.75, 3.05) is 16.9 Å². The zero-order chi connectivity index (χ0) is 25.9. The summed E-state index contributed by atoms with van der Waals surface area (Å²) in [6, 6.07) is 7.40. The van der Waals surface area contributed by atoms with Crippen molar-refractivity contribution in [3.63, 3.8) is 0 Å². The second-order valence-corrected chi connectivity index (χ2v) is 8.79. The Labute approximate surface area is 202 Å². The SMILES string of the molecule is COc1cc(=O)n2cc(N3C(=S)N(c4ccc(C#N)c(C(C)(F)F)c4)C(=O)C3(C)C)cc(F)c2n1. The number of hydrogen-bond donors (Lipinski definition) is 0. The standard InChI is InChI=1S/C23H18F3N5O3S/c1-22(2)20(33)30(13-6-5-12(10-27)15(7-13)23(3,25)26)21(35)31(22)14-8-16(24)19-28-17(34-4)9-18(32)29(19)11-14/h5-9,11H,1-4H3. The zero-order valence-electron chi connectivity index (χ0n) is 19.0. The van der Waals surface area contributed by atoms with E-state index in [0.29, 0.717) is 6.92 Å². The van der Waals surface area contributed by atoms with E-state index in [9.17, 15) is 28.0 Å². The number of alkyl halides is 2. The average Bonchev–Trinajstić information content (AvgIpc) is 2.96. The summed E-state index contributed by atoms with van der Waals surface area (Å²) < 4.78 is 49.2. The van der Waals surface area contributed by atoms with Crippen LogP contribution in [0.1, 0.15) is 31.9 Å². The molecule has 0 radical (unpaired) electrons. The van der Waals surface area contributed by atoms with Crippen LogP contribution in [0.5, 0.6) is 5.88 Å². The van der Waals surface area contributed by atoms with Gasteiger partial charge in [0.15, 0.2) is 16.6 Å². The van der Waals surface area contributed by atoms with Crippen molar-refractivity contribution < 1.29 is 22.7 Å². The molecule has 3 aromatic rings. The first-order valence-corrected chi connectivity index (χ1v) is 10.6. The highest BCUT2D eigenvalue weighted by molar-refractivity contribution is 7.81. The molecule has 2 aromatic heterocycles. The maximum atomic E-state index is 15.0. The number of thiocarbonyl (C=S) groups is 1. The lowest BCUT2D eigenvalue weighted by atomic mass is 10.0. The summed E-state index contributed by atoms with van der Waals surface area (Å²) in [6.45, 7) is 3.70. The van der Waals surface area contributed by atoms with Gasteiger partial charge in [-0.2, -0.15) is 10.2 Å². The predicted molar refractivity (Wildman–Crippen MR) is 125 cm³/mol. The topological polar surface area (TPSA) is 90.9 Å².